The van der Waals surface area contributed by atoms with E-state index in [2.05, 4.69) is 29.0 Å². The van der Waals surface area contributed by atoms with Gasteiger partial charge >= 0.3 is 0 Å². The second-order valence-electron chi connectivity index (χ2n) is 3.05. The van der Waals surface area contributed by atoms with Gasteiger partial charge < -0.3 is 5.73 Å². The summed E-state index contributed by atoms with van der Waals surface area (Å²) in [6.45, 7) is 0. The minimum atomic E-state index is 0.827. The summed E-state index contributed by atoms with van der Waals surface area (Å²) in [5, 5.41) is 0. The molecule has 0 spiro atoms. The lowest BCUT2D eigenvalue weighted by molar-refractivity contribution is 0.419. The number of hydrogen-bond acceptors (Lipinski definition) is 2. The monoisotopic (exact) mass is 194 g/mol. The fourth-order valence-electron chi connectivity index (χ4n) is 1.36. The smallest absolute Gasteiger partial charge is 0.0588 e. The number of hydrogen-bond donors (Lipinski definition) is 1. The average Bonchev–Trinajstić information content (AvgIpc) is 2.04. The SMILES string of the molecule is NC=S.c1cncc(C2CCC2)c1. The molecule has 2 nitrogen and oxygen atoms in total. The maximum absolute atomic E-state index is 4.54. The molecule has 0 aliphatic heterocycles. The van der Waals surface area contributed by atoms with Crippen LogP contribution in [0.1, 0.15) is 30.7 Å². The van der Waals surface area contributed by atoms with Crippen LogP contribution in [0.3, 0.4) is 0 Å². The van der Waals surface area contributed by atoms with Crippen molar-refractivity contribution in [3.05, 3.63) is 30.1 Å². The Morgan fingerprint density at radius 2 is 2.23 bits per heavy atom. The Morgan fingerprint density at radius 3 is 2.62 bits per heavy atom. The zero-order valence-electron chi connectivity index (χ0n) is 7.52. The largest absolute Gasteiger partial charge is 0.396 e. The van der Waals surface area contributed by atoms with E-state index in [9.17, 15) is 0 Å². The zero-order chi connectivity index (χ0) is 9.52. The van der Waals surface area contributed by atoms with Crippen molar-refractivity contribution in [1.29, 1.82) is 0 Å². The van der Waals surface area contributed by atoms with Crippen LogP contribution in [-0.4, -0.2) is 10.5 Å². The second-order valence-corrected chi connectivity index (χ2v) is 3.32. The Labute approximate surface area is 84.2 Å². The van der Waals surface area contributed by atoms with E-state index in [0.29, 0.717) is 0 Å². The highest BCUT2D eigenvalue weighted by Gasteiger charge is 2.18. The van der Waals surface area contributed by atoms with Gasteiger partial charge in [0.05, 0.1) is 5.49 Å². The Balaban J connectivity index is 0.000000251. The molecule has 1 fully saturated rings. The van der Waals surface area contributed by atoms with Gasteiger partial charge in [0.25, 0.3) is 0 Å². The van der Waals surface area contributed by atoms with Gasteiger partial charge in [-0.15, -0.1) is 0 Å². The zero-order valence-corrected chi connectivity index (χ0v) is 8.33. The van der Waals surface area contributed by atoms with Crippen molar-refractivity contribution in [2.45, 2.75) is 25.2 Å². The van der Waals surface area contributed by atoms with Gasteiger partial charge in [-0.25, -0.2) is 0 Å². The van der Waals surface area contributed by atoms with E-state index >= 15 is 0 Å². The summed E-state index contributed by atoms with van der Waals surface area (Å²) in [5.41, 5.74) is 7.05. The third-order valence-electron chi connectivity index (χ3n) is 2.26. The van der Waals surface area contributed by atoms with Gasteiger partial charge in [-0.05, 0) is 30.4 Å². The van der Waals surface area contributed by atoms with Gasteiger partial charge in [-0.2, -0.15) is 0 Å². The number of nitrogens with zero attached hydrogens (tertiary/aromatic N) is 1. The molecule has 1 aromatic rings. The van der Waals surface area contributed by atoms with Gasteiger partial charge in [-0.3, -0.25) is 4.98 Å². The quantitative estimate of drug-likeness (QED) is 0.697. The van der Waals surface area contributed by atoms with E-state index in [0.717, 1.165) is 11.4 Å². The molecular formula is C10H14N2S. The fraction of sp³-hybridized carbons (Fsp3) is 0.400. The average molecular weight is 194 g/mol. The molecule has 0 aromatic carbocycles. The van der Waals surface area contributed by atoms with Gasteiger partial charge in [0.2, 0.25) is 0 Å². The summed E-state index contributed by atoms with van der Waals surface area (Å²) in [4.78, 5) is 4.09. The standard InChI is InChI=1S/C9H11N.CH3NS/c1-3-8(4-1)9-5-2-6-10-7-9;2-1-3/h2,5-8H,1,3-4H2;1H,(H2,2,3). The van der Waals surface area contributed by atoms with Crippen LogP contribution in [0.5, 0.6) is 0 Å². The van der Waals surface area contributed by atoms with Crippen molar-refractivity contribution in [2.75, 3.05) is 0 Å². The predicted molar refractivity (Wildman–Crippen MR) is 58.7 cm³/mol. The fourth-order valence-corrected chi connectivity index (χ4v) is 1.36. The molecule has 1 aliphatic rings. The van der Waals surface area contributed by atoms with Gasteiger partial charge in [0.15, 0.2) is 0 Å². The highest BCUT2D eigenvalue weighted by Crippen LogP contribution is 2.35. The van der Waals surface area contributed by atoms with Crippen molar-refractivity contribution in [2.24, 2.45) is 5.73 Å². The van der Waals surface area contributed by atoms with Crippen LogP contribution in [0.15, 0.2) is 24.5 Å². The van der Waals surface area contributed by atoms with E-state index < -0.39 is 0 Å². The van der Waals surface area contributed by atoms with Crippen molar-refractivity contribution < 1.29 is 0 Å². The van der Waals surface area contributed by atoms with Crippen molar-refractivity contribution >= 4 is 17.7 Å². The van der Waals surface area contributed by atoms with Crippen LogP contribution in [0.25, 0.3) is 0 Å². The summed E-state index contributed by atoms with van der Waals surface area (Å²) >= 11 is 4.05. The van der Waals surface area contributed by atoms with E-state index in [1.165, 1.54) is 24.8 Å². The van der Waals surface area contributed by atoms with Gasteiger partial charge in [0, 0.05) is 12.4 Å². The molecule has 2 N–H and O–H groups in total. The number of thiocarbonyl (C=S) groups is 1. The molecule has 0 saturated heterocycles. The van der Waals surface area contributed by atoms with Crippen molar-refractivity contribution in [3.8, 4) is 0 Å². The molecule has 0 atom stereocenters. The molecular weight excluding hydrogens is 180 g/mol. The third-order valence-corrected chi connectivity index (χ3v) is 2.26. The second kappa shape index (κ2) is 5.65. The molecule has 0 unspecified atom stereocenters. The molecule has 1 saturated carbocycles. The molecule has 13 heavy (non-hydrogen) atoms. The Morgan fingerprint density at radius 1 is 1.54 bits per heavy atom. The maximum Gasteiger partial charge on any atom is 0.0588 e. The summed E-state index contributed by atoms with van der Waals surface area (Å²) < 4.78 is 0. The van der Waals surface area contributed by atoms with E-state index in [1.807, 2.05) is 18.5 Å². The van der Waals surface area contributed by atoms with Crippen molar-refractivity contribution in [3.63, 3.8) is 0 Å². The minimum Gasteiger partial charge on any atom is -0.396 e. The lowest BCUT2D eigenvalue weighted by atomic mass is 9.81. The highest BCUT2D eigenvalue weighted by molar-refractivity contribution is 7.78. The van der Waals surface area contributed by atoms with Crippen LogP contribution in [0.2, 0.25) is 0 Å². The Bertz CT molecular complexity index is 244. The molecule has 70 valence electrons. The lowest BCUT2D eigenvalue weighted by Crippen LogP contribution is -2.08. The Kier molecular flexibility index (Phi) is 4.40. The molecule has 1 aromatic heterocycles. The lowest BCUT2D eigenvalue weighted by Gasteiger charge is -2.24. The Hall–Kier alpha value is -0.960. The van der Waals surface area contributed by atoms with E-state index in [1.54, 1.807) is 0 Å². The van der Waals surface area contributed by atoms with Crippen LogP contribution in [-0.2, 0) is 0 Å². The number of aromatic nitrogens is 1. The van der Waals surface area contributed by atoms with Gasteiger partial charge in [0.1, 0.15) is 0 Å². The summed E-state index contributed by atoms with van der Waals surface area (Å²) in [6.07, 6.45) is 7.96. The van der Waals surface area contributed by atoms with Crippen LogP contribution in [0.4, 0.5) is 0 Å². The maximum atomic E-state index is 4.54. The first kappa shape index (κ1) is 10.1. The first-order chi connectivity index (χ1) is 6.38. The predicted octanol–water partition coefficient (Wildman–Crippen LogP) is 2.25. The van der Waals surface area contributed by atoms with Crippen LogP contribution >= 0.6 is 12.2 Å². The summed E-state index contributed by atoms with van der Waals surface area (Å²) in [6, 6.07) is 4.20. The topological polar surface area (TPSA) is 38.9 Å². The number of nitrogens with two attached hydrogens (primary N) is 1. The number of pyridine rings is 1. The molecule has 0 bridgehead atoms. The third kappa shape index (κ3) is 3.11. The van der Waals surface area contributed by atoms with E-state index in [4.69, 9.17) is 0 Å². The first-order valence-electron chi connectivity index (χ1n) is 4.43. The molecule has 0 amide bonds. The summed E-state index contributed by atoms with van der Waals surface area (Å²) in [7, 11) is 0. The van der Waals surface area contributed by atoms with Gasteiger partial charge in [-0.1, -0.05) is 24.7 Å². The first-order valence-corrected chi connectivity index (χ1v) is 4.91. The minimum absolute atomic E-state index is 0.827. The number of rotatable bonds is 1. The van der Waals surface area contributed by atoms with E-state index in [-0.39, 0.29) is 0 Å². The van der Waals surface area contributed by atoms with Crippen LogP contribution in [0, 0.1) is 0 Å². The molecule has 0 radical (unpaired) electrons. The molecule has 1 aliphatic carbocycles. The molecule has 3 heteroatoms. The van der Waals surface area contributed by atoms with Crippen LogP contribution < -0.4 is 5.73 Å². The normalized spacial score (nSPS) is 15.1. The molecule has 2 rings (SSSR count). The summed E-state index contributed by atoms with van der Waals surface area (Å²) in [5.74, 6) is 0.827. The highest BCUT2D eigenvalue weighted by atomic mass is 32.1. The van der Waals surface area contributed by atoms with Crippen molar-refractivity contribution in [1.82, 2.24) is 4.98 Å². The molecule has 1 heterocycles.